The number of carbonyl (C=O) groups is 1. The first-order chi connectivity index (χ1) is 14.4. The third-order valence-electron chi connectivity index (χ3n) is 4.11. The van der Waals surface area contributed by atoms with E-state index >= 15 is 0 Å². The molecular formula is C21H19IN4O3S. The van der Waals surface area contributed by atoms with E-state index in [2.05, 4.69) is 42.8 Å². The number of nitrogens with zero attached hydrogens (tertiary/aromatic N) is 2. The largest absolute Gasteiger partial charge is 0.271 e. The smallest absolute Gasteiger partial charge is 0.258 e. The number of nitrogens with one attached hydrogen (secondary N) is 2. The molecule has 0 unspecified atom stereocenters. The number of aromatic nitrogens is 1. The number of sulfonamides is 1. The molecule has 0 fully saturated rings. The second-order valence-electron chi connectivity index (χ2n) is 6.33. The number of hydrogen-bond acceptors (Lipinski definition) is 5. The third kappa shape index (κ3) is 6.44. The molecule has 7 nitrogen and oxygen atoms in total. The maximum Gasteiger partial charge on any atom is 0.258 e. The van der Waals surface area contributed by atoms with E-state index < -0.39 is 22.0 Å². The van der Waals surface area contributed by atoms with Crippen molar-refractivity contribution in [2.24, 2.45) is 5.10 Å². The van der Waals surface area contributed by atoms with E-state index in [0.29, 0.717) is 0 Å². The summed E-state index contributed by atoms with van der Waals surface area (Å²) >= 11 is 2.10. The number of amides is 1. The van der Waals surface area contributed by atoms with Gasteiger partial charge < -0.3 is 0 Å². The van der Waals surface area contributed by atoms with Crippen LogP contribution in [0.15, 0.2) is 89.1 Å². The van der Waals surface area contributed by atoms with Crippen LogP contribution < -0.4 is 10.1 Å². The fraction of sp³-hybridized carbons (Fsp3) is 0.0952. The van der Waals surface area contributed by atoms with Crippen LogP contribution in [-0.2, 0) is 21.2 Å². The molecule has 1 amide bonds. The van der Waals surface area contributed by atoms with Crippen molar-refractivity contribution < 1.29 is 13.2 Å². The summed E-state index contributed by atoms with van der Waals surface area (Å²) in [4.78, 5) is 16.7. The van der Waals surface area contributed by atoms with E-state index in [9.17, 15) is 13.2 Å². The minimum Gasteiger partial charge on any atom is -0.271 e. The van der Waals surface area contributed by atoms with E-state index in [0.717, 1.165) is 14.7 Å². The van der Waals surface area contributed by atoms with Gasteiger partial charge in [0.15, 0.2) is 0 Å². The molecule has 3 rings (SSSR count). The van der Waals surface area contributed by atoms with Crippen LogP contribution in [0.3, 0.4) is 0 Å². The van der Waals surface area contributed by atoms with Gasteiger partial charge in [-0.2, -0.15) is 9.82 Å². The Balaban J connectivity index is 1.78. The average Bonchev–Trinajstić information content (AvgIpc) is 2.75. The molecule has 9 heteroatoms. The Kier molecular flexibility index (Phi) is 7.66. The van der Waals surface area contributed by atoms with Gasteiger partial charge in [-0.25, -0.2) is 13.8 Å². The van der Waals surface area contributed by atoms with Gasteiger partial charge in [-0.05, 0) is 76.5 Å². The summed E-state index contributed by atoms with van der Waals surface area (Å²) in [6.07, 6.45) is 4.86. The average molecular weight is 534 g/mol. The minimum absolute atomic E-state index is 0.0917. The highest BCUT2D eigenvalue weighted by atomic mass is 127. The lowest BCUT2D eigenvalue weighted by Gasteiger charge is -2.17. The van der Waals surface area contributed by atoms with Crippen LogP contribution in [0.25, 0.3) is 0 Å². The second-order valence-corrected chi connectivity index (χ2v) is 9.29. The van der Waals surface area contributed by atoms with Gasteiger partial charge in [0.2, 0.25) is 10.0 Å². The fourth-order valence-corrected chi connectivity index (χ4v) is 4.16. The van der Waals surface area contributed by atoms with Crippen LogP contribution in [0.2, 0.25) is 0 Å². The highest BCUT2D eigenvalue weighted by molar-refractivity contribution is 14.1. The van der Waals surface area contributed by atoms with Gasteiger partial charge >= 0.3 is 0 Å². The number of pyridine rings is 1. The molecule has 1 atom stereocenters. The second kappa shape index (κ2) is 10.4. The molecule has 154 valence electrons. The summed E-state index contributed by atoms with van der Waals surface area (Å²) in [6, 6.07) is 18.0. The van der Waals surface area contributed by atoms with Crippen LogP contribution in [0.4, 0.5) is 0 Å². The molecule has 0 aliphatic rings. The van der Waals surface area contributed by atoms with Gasteiger partial charge in [-0.3, -0.25) is 9.78 Å². The molecule has 3 aromatic rings. The number of rotatable bonds is 8. The van der Waals surface area contributed by atoms with Crippen LogP contribution in [0.1, 0.15) is 11.1 Å². The lowest BCUT2D eigenvalue weighted by Crippen LogP contribution is -2.46. The predicted molar refractivity (Wildman–Crippen MR) is 123 cm³/mol. The Morgan fingerprint density at radius 1 is 1.03 bits per heavy atom. The topological polar surface area (TPSA) is 101 Å². The van der Waals surface area contributed by atoms with Crippen molar-refractivity contribution in [3.63, 3.8) is 0 Å². The summed E-state index contributed by atoms with van der Waals surface area (Å²) in [7, 11) is -3.89. The van der Waals surface area contributed by atoms with Gasteiger partial charge in [0, 0.05) is 16.0 Å². The van der Waals surface area contributed by atoms with E-state index in [4.69, 9.17) is 0 Å². The molecule has 2 N–H and O–H groups in total. The van der Waals surface area contributed by atoms with Crippen molar-refractivity contribution in [2.75, 3.05) is 0 Å². The standard InChI is InChI=1S/C21H19IN4O3S/c22-18-6-8-19(9-7-18)30(28,29)26-20(14-16-4-2-1-3-5-16)21(27)25-24-15-17-10-12-23-13-11-17/h1-13,15,20,26H,14H2,(H,25,27)/b24-15-/t20-/m1/s1. The summed E-state index contributed by atoms with van der Waals surface area (Å²) in [5.74, 6) is -0.557. The molecule has 0 spiro atoms. The minimum atomic E-state index is -3.89. The molecule has 0 bridgehead atoms. The molecular weight excluding hydrogens is 515 g/mol. The Bertz CT molecular complexity index is 1110. The van der Waals surface area contributed by atoms with Crippen molar-refractivity contribution in [3.8, 4) is 0 Å². The molecule has 0 radical (unpaired) electrons. The lowest BCUT2D eigenvalue weighted by atomic mass is 10.1. The number of carbonyl (C=O) groups excluding carboxylic acids is 1. The quantitative estimate of drug-likeness (QED) is 0.264. The van der Waals surface area contributed by atoms with Crippen molar-refractivity contribution in [1.29, 1.82) is 0 Å². The number of benzene rings is 2. The van der Waals surface area contributed by atoms with Gasteiger partial charge in [-0.1, -0.05) is 30.3 Å². The maximum atomic E-state index is 12.8. The molecule has 30 heavy (non-hydrogen) atoms. The third-order valence-corrected chi connectivity index (χ3v) is 6.32. The fourth-order valence-electron chi connectivity index (χ4n) is 2.60. The Hall–Kier alpha value is -2.63. The van der Waals surface area contributed by atoms with Crippen LogP contribution in [0.5, 0.6) is 0 Å². The molecule has 2 aromatic carbocycles. The Morgan fingerprint density at radius 2 is 1.70 bits per heavy atom. The van der Waals surface area contributed by atoms with Crippen LogP contribution in [-0.4, -0.2) is 31.6 Å². The normalized spacial score (nSPS) is 12.6. The molecule has 1 aromatic heterocycles. The van der Waals surface area contributed by atoms with Gasteiger partial charge in [-0.15, -0.1) is 0 Å². The summed E-state index contributed by atoms with van der Waals surface area (Å²) < 4.78 is 29.0. The maximum absolute atomic E-state index is 12.8. The van der Waals surface area contributed by atoms with Crippen molar-refractivity contribution in [3.05, 3.63) is 93.8 Å². The zero-order chi connectivity index (χ0) is 21.4. The van der Waals surface area contributed by atoms with Crippen LogP contribution >= 0.6 is 22.6 Å². The zero-order valence-electron chi connectivity index (χ0n) is 15.8. The van der Waals surface area contributed by atoms with Gasteiger partial charge in [0.25, 0.3) is 5.91 Å². The van der Waals surface area contributed by atoms with Crippen molar-refractivity contribution in [1.82, 2.24) is 15.1 Å². The van der Waals surface area contributed by atoms with Crippen molar-refractivity contribution >= 4 is 44.7 Å². The highest BCUT2D eigenvalue weighted by Crippen LogP contribution is 2.14. The lowest BCUT2D eigenvalue weighted by molar-refractivity contribution is -0.122. The van der Waals surface area contributed by atoms with E-state index in [1.807, 2.05) is 30.3 Å². The molecule has 0 saturated carbocycles. The molecule has 0 aliphatic heterocycles. The summed E-state index contributed by atoms with van der Waals surface area (Å²) in [5.41, 5.74) is 3.99. The SMILES string of the molecule is O=C(N/N=C\c1ccncc1)[C@@H](Cc1ccccc1)NS(=O)(=O)c1ccc(I)cc1. The highest BCUT2D eigenvalue weighted by Gasteiger charge is 2.26. The Morgan fingerprint density at radius 3 is 2.37 bits per heavy atom. The number of hydrogen-bond donors (Lipinski definition) is 2. The summed E-state index contributed by atoms with van der Waals surface area (Å²) in [5, 5.41) is 3.93. The van der Waals surface area contributed by atoms with E-state index in [1.165, 1.54) is 18.3 Å². The number of hydrazone groups is 1. The molecule has 0 saturated heterocycles. The van der Waals surface area contributed by atoms with E-state index in [1.54, 1.807) is 36.7 Å². The molecule has 0 aliphatic carbocycles. The predicted octanol–water partition coefficient (Wildman–Crippen LogP) is 2.73. The first kappa shape index (κ1) is 22.1. The number of halogens is 1. The van der Waals surface area contributed by atoms with Crippen molar-refractivity contribution in [2.45, 2.75) is 17.4 Å². The van der Waals surface area contributed by atoms with Gasteiger partial charge in [0.1, 0.15) is 6.04 Å². The summed E-state index contributed by atoms with van der Waals surface area (Å²) in [6.45, 7) is 0. The first-order valence-electron chi connectivity index (χ1n) is 8.99. The monoisotopic (exact) mass is 534 g/mol. The Labute approximate surface area is 188 Å². The van der Waals surface area contributed by atoms with Crippen LogP contribution in [0, 0.1) is 3.57 Å². The van der Waals surface area contributed by atoms with Gasteiger partial charge in [0.05, 0.1) is 11.1 Å². The molecule has 1 heterocycles. The van der Waals surface area contributed by atoms with E-state index in [-0.39, 0.29) is 11.3 Å². The first-order valence-corrected chi connectivity index (χ1v) is 11.5. The zero-order valence-corrected chi connectivity index (χ0v) is 18.7.